The third-order valence-corrected chi connectivity index (χ3v) is 3.67. The molecular formula is C15H29N3O. The maximum Gasteiger partial charge on any atom is 0.0946 e. The third kappa shape index (κ3) is 5.74. The highest BCUT2D eigenvalue weighted by Crippen LogP contribution is 2.21. The van der Waals surface area contributed by atoms with Gasteiger partial charge in [-0.1, -0.05) is 20.8 Å². The van der Waals surface area contributed by atoms with Crippen molar-refractivity contribution in [3.05, 3.63) is 18.7 Å². The molecular weight excluding hydrogens is 238 g/mol. The van der Waals surface area contributed by atoms with Crippen molar-refractivity contribution in [2.75, 3.05) is 13.7 Å². The maximum atomic E-state index is 5.46. The molecule has 0 aliphatic carbocycles. The van der Waals surface area contributed by atoms with Crippen LogP contribution in [0.4, 0.5) is 0 Å². The Kier molecular flexibility index (Phi) is 5.56. The summed E-state index contributed by atoms with van der Waals surface area (Å²) in [6.07, 6.45) is 6.72. The van der Waals surface area contributed by atoms with Gasteiger partial charge in [0, 0.05) is 32.1 Å². The van der Waals surface area contributed by atoms with Crippen LogP contribution in [0.25, 0.3) is 0 Å². The van der Waals surface area contributed by atoms with Gasteiger partial charge in [-0.2, -0.15) is 0 Å². The molecule has 1 atom stereocenters. The number of hydrogen-bond acceptors (Lipinski definition) is 3. The fraction of sp³-hybridized carbons (Fsp3) is 0.800. The molecule has 0 saturated carbocycles. The van der Waals surface area contributed by atoms with E-state index in [0.717, 1.165) is 19.5 Å². The molecule has 1 N–H and O–H groups in total. The summed E-state index contributed by atoms with van der Waals surface area (Å²) in [4.78, 5) is 4.11. The molecule has 0 aliphatic heterocycles. The molecule has 4 heteroatoms. The molecule has 0 aromatic carbocycles. The molecule has 0 saturated heterocycles. The standard InChI is InChI=1S/C15H29N3O/c1-14(2,3)13(11-18-10-9-16-12-18)17-8-7-15(4,5)19-6/h9-10,12-13,17H,7-8,11H2,1-6H3. The summed E-state index contributed by atoms with van der Waals surface area (Å²) in [6.45, 7) is 12.9. The van der Waals surface area contributed by atoms with Crippen molar-refractivity contribution in [1.82, 2.24) is 14.9 Å². The van der Waals surface area contributed by atoms with Crippen LogP contribution in [0.1, 0.15) is 41.0 Å². The van der Waals surface area contributed by atoms with Gasteiger partial charge in [-0.15, -0.1) is 0 Å². The Bertz CT molecular complexity index is 352. The highest BCUT2D eigenvalue weighted by molar-refractivity contribution is 4.85. The van der Waals surface area contributed by atoms with Gasteiger partial charge in [0.1, 0.15) is 0 Å². The van der Waals surface area contributed by atoms with Gasteiger partial charge in [0.15, 0.2) is 0 Å². The number of hydrogen-bond donors (Lipinski definition) is 1. The zero-order valence-corrected chi connectivity index (χ0v) is 13.2. The van der Waals surface area contributed by atoms with Gasteiger partial charge in [-0.3, -0.25) is 0 Å². The van der Waals surface area contributed by atoms with Crippen LogP contribution in [-0.4, -0.2) is 34.8 Å². The molecule has 0 aliphatic rings. The summed E-state index contributed by atoms with van der Waals surface area (Å²) in [7, 11) is 1.77. The summed E-state index contributed by atoms with van der Waals surface area (Å²) in [5.41, 5.74) is 0.145. The van der Waals surface area contributed by atoms with Crippen LogP contribution in [0.2, 0.25) is 0 Å². The fourth-order valence-corrected chi connectivity index (χ4v) is 1.90. The molecule has 0 radical (unpaired) electrons. The van der Waals surface area contributed by atoms with Crippen LogP contribution in [0.3, 0.4) is 0 Å². The van der Waals surface area contributed by atoms with Crippen LogP contribution in [0.5, 0.6) is 0 Å². The quantitative estimate of drug-likeness (QED) is 0.825. The summed E-state index contributed by atoms with van der Waals surface area (Å²) >= 11 is 0. The minimum Gasteiger partial charge on any atom is -0.379 e. The highest BCUT2D eigenvalue weighted by Gasteiger charge is 2.25. The number of rotatable bonds is 7. The lowest BCUT2D eigenvalue weighted by atomic mass is 9.86. The molecule has 1 rings (SSSR count). The van der Waals surface area contributed by atoms with Crippen LogP contribution in [0, 0.1) is 5.41 Å². The normalized spacial score (nSPS) is 14.6. The molecule has 19 heavy (non-hydrogen) atoms. The first-order valence-electron chi connectivity index (χ1n) is 6.99. The van der Waals surface area contributed by atoms with E-state index in [1.54, 1.807) is 7.11 Å². The van der Waals surface area contributed by atoms with Crippen molar-refractivity contribution in [2.24, 2.45) is 5.41 Å². The van der Waals surface area contributed by atoms with Crippen molar-refractivity contribution in [2.45, 2.75) is 59.2 Å². The van der Waals surface area contributed by atoms with Gasteiger partial charge in [0.2, 0.25) is 0 Å². The monoisotopic (exact) mass is 267 g/mol. The largest absolute Gasteiger partial charge is 0.379 e. The van der Waals surface area contributed by atoms with E-state index >= 15 is 0 Å². The molecule has 0 fully saturated rings. The number of aromatic nitrogens is 2. The zero-order valence-electron chi connectivity index (χ0n) is 13.2. The predicted molar refractivity (Wildman–Crippen MR) is 79.2 cm³/mol. The first-order valence-corrected chi connectivity index (χ1v) is 6.99. The Hall–Kier alpha value is -0.870. The Morgan fingerprint density at radius 1 is 1.26 bits per heavy atom. The first-order chi connectivity index (χ1) is 8.74. The van der Waals surface area contributed by atoms with Crippen molar-refractivity contribution >= 4 is 0 Å². The SMILES string of the molecule is COC(C)(C)CCNC(Cn1ccnc1)C(C)(C)C. The minimum absolute atomic E-state index is 0.0650. The molecule has 1 unspecified atom stereocenters. The van der Waals surface area contributed by atoms with Gasteiger partial charge in [0.05, 0.1) is 11.9 Å². The Balaban J connectivity index is 2.52. The topological polar surface area (TPSA) is 39.1 Å². The Labute approximate surface area is 117 Å². The average Bonchev–Trinajstić information content (AvgIpc) is 2.79. The van der Waals surface area contributed by atoms with Crippen molar-refractivity contribution < 1.29 is 4.74 Å². The average molecular weight is 267 g/mol. The lowest BCUT2D eigenvalue weighted by molar-refractivity contribution is 0.0142. The van der Waals surface area contributed by atoms with E-state index in [1.807, 2.05) is 18.7 Å². The van der Waals surface area contributed by atoms with Crippen LogP contribution in [0.15, 0.2) is 18.7 Å². The van der Waals surface area contributed by atoms with Gasteiger partial charge in [-0.25, -0.2) is 4.98 Å². The molecule has 1 aromatic heterocycles. The molecule has 0 amide bonds. The zero-order chi connectivity index (χ0) is 14.5. The van der Waals surface area contributed by atoms with Crippen molar-refractivity contribution in [3.63, 3.8) is 0 Å². The lowest BCUT2D eigenvalue weighted by Crippen LogP contribution is -2.45. The van der Waals surface area contributed by atoms with E-state index in [1.165, 1.54) is 0 Å². The predicted octanol–water partition coefficient (Wildman–Crippen LogP) is 2.70. The third-order valence-electron chi connectivity index (χ3n) is 3.67. The van der Waals surface area contributed by atoms with E-state index in [0.29, 0.717) is 6.04 Å². The van der Waals surface area contributed by atoms with Crippen molar-refractivity contribution in [3.8, 4) is 0 Å². The van der Waals surface area contributed by atoms with Crippen LogP contribution >= 0.6 is 0 Å². The van der Waals surface area contributed by atoms with E-state index < -0.39 is 0 Å². The van der Waals surface area contributed by atoms with Crippen LogP contribution in [-0.2, 0) is 11.3 Å². The fourth-order valence-electron chi connectivity index (χ4n) is 1.90. The maximum absolute atomic E-state index is 5.46. The second kappa shape index (κ2) is 6.53. The van der Waals surface area contributed by atoms with E-state index in [-0.39, 0.29) is 11.0 Å². The smallest absolute Gasteiger partial charge is 0.0946 e. The van der Waals surface area contributed by atoms with Gasteiger partial charge in [0.25, 0.3) is 0 Å². The molecule has 110 valence electrons. The molecule has 0 bridgehead atoms. The molecule has 0 spiro atoms. The highest BCUT2D eigenvalue weighted by atomic mass is 16.5. The van der Waals surface area contributed by atoms with Crippen LogP contribution < -0.4 is 5.32 Å². The summed E-state index contributed by atoms with van der Waals surface area (Å²) in [5, 5.41) is 3.66. The Morgan fingerprint density at radius 3 is 2.42 bits per heavy atom. The number of imidazole rings is 1. The minimum atomic E-state index is -0.0650. The molecule has 1 heterocycles. The summed E-state index contributed by atoms with van der Waals surface area (Å²) in [5.74, 6) is 0. The van der Waals surface area contributed by atoms with Gasteiger partial charge >= 0.3 is 0 Å². The lowest BCUT2D eigenvalue weighted by Gasteiger charge is -2.33. The second-order valence-electron chi connectivity index (χ2n) is 6.85. The molecule has 4 nitrogen and oxygen atoms in total. The second-order valence-corrected chi connectivity index (χ2v) is 6.85. The molecule has 1 aromatic rings. The summed E-state index contributed by atoms with van der Waals surface area (Å²) < 4.78 is 7.59. The van der Waals surface area contributed by atoms with Crippen molar-refractivity contribution in [1.29, 1.82) is 0 Å². The number of nitrogens with zero attached hydrogens (tertiary/aromatic N) is 2. The van der Waals surface area contributed by atoms with Gasteiger partial charge in [-0.05, 0) is 32.2 Å². The number of methoxy groups -OCH3 is 1. The first kappa shape index (κ1) is 16.2. The van der Waals surface area contributed by atoms with Gasteiger partial charge < -0.3 is 14.6 Å². The Morgan fingerprint density at radius 2 is 1.95 bits per heavy atom. The number of ether oxygens (including phenoxy) is 1. The van der Waals surface area contributed by atoms with E-state index in [9.17, 15) is 0 Å². The summed E-state index contributed by atoms with van der Waals surface area (Å²) in [6, 6.07) is 0.411. The van der Waals surface area contributed by atoms with E-state index in [4.69, 9.17) is 4.74 Å². The number of nitrogens with one attached hydrogen (secondary N) is 1. The van der Waals surface area contributed by atoms with E-state index in [2.05, 4.69) is 49.5 Å².